The van der Waals surface area contributed by atoms with E-state index in [2.05, 4.69) is 27.9 Å². The van der Waals surface area contributed by atoms with Crippen LogP contribution < -0.4 is 10.6 Å². The SMILES string of the molecule is CCCC1CCN(c2nc(N)nc3ccccc23)C1. The molecule has 3 rings (SSSR count). The van der Waals surface area contributed by atoms with Crippen molar-refractivity contribution >= 4 is 22.7 Å². The molecule has 19 heavy (non-hydrogen) atoms. The fraction of sp³-hybridized carbons (Fsp3) is 0.467. The van der Waals surface area contributed by atoms with E-state index in [0.29, 0.717) is 5.95 Å². The van der Waals surface area contributed by atoms with E-state index in [1.54, 1.807) is 0 Å². The summed E-state index contributed by atoms with van der Waals surface area (Å²) in [7, 11) is 0. The Morgan fingerprint density at radius 1 is 1.32 bits per heavy atom. The van der Waals surface area contributed by atoms with Crippen LogP contribution in [0.4, 0.5) is 11.8 Å². The van der Waals surface area contributed by atoms with Gasteiger partial charge in [0.05, 0.1) is 5.52 Å². The number of hydrogen-bond acceptors (Lipinski definition) is 4. The lowest BCUT2D eigenvalue weighted by Gasteiger charge is -2.19. The molecule has 0 radical (unpaired) electrons. The lowest BCUT2D eigenvalue weighted by molar-refractivity contribution is 0.529. The van der Waals surface area contributed by atoms with Gasteiger partial charge in [0.1, 0.15) is 5.82 Å². The van der Waals surface area contributed by atoms with E-state index < -0.39 is 0 Å². The Kier molecular flexibility index (Phi) is 3.23. The molecule has 1 aliphatic heterocycles. The van der Waals surface area contributed by atoms with Crippen molar-refractivity contribution in [3.63, 3.8) is 0 Å². The summed E-state index contributed by atoms with van der Waals surface area (Å²) in [6.07, 6.45) is 3.81. The van der Waals surface area contributed by atoms with E-state index >= 15 is 0 Å². The van der Waals surface area contributed by atoms with Gasteiger partial charge in [0.2, 0.25) is 5.95 Å². The lowest BCUT2D eigenvalue weighted by Crippen LogP contribution is -2.21. The van der Waals surface area contributed by atoms with Gasteiger partial charge in [0.25, 0.3) is 0 Å². The van der Waals surface area contributed by atoms with Crippen molar-refractivity contribution in [1.29, 1.82) is 0 Å². The van der Waals surface area contributed by atoms with Gasteiger partial charge in [-0.25, -0.2) is 4.98 Å². The molecule has 4 nitrogen and oxygen atoms in total. The lowest BCUT2D eigenvalue weighted by atomic mass is 10.0. The largest absolute Gasteiger partial charge is 0.368 e. The summed E-state index contributed by atoms with van der Waals surface area (Å²) in [6, 6.07) is 8.10. The molecule has 1 fully saturated rings. The number of fused-ring (bicyclic) bond motifs is 1. The minimum absolute atomic E-state index is 0.368. The van der Waals surface area contributed by atoms with Crippen molar-refractivity contribution in [2.75, 3.05) is 23.7 Å². The summed E-state index contributed by atoms with van der Waals surface area (Å²) >= 11 is 0. The molecule has 0 bridgehead atoms. The quantitative estimate of drug-likeness (QED) is 0.917. The molecule has 1 aromatic heterocycles. The van der Waals surface area contributed by atoms with Crippen molar-refractivity contribution in [2.45, 2.75) is 26.2 Å². The van der Waals surface area contributed by atoms with E-state index in [9.17, 15) is 0 Å². The zero-order valence-electron chi connectivity index (χ0n) is 11.3. The number of nitrogens with zero attached hydrogens (tertiary/aromatic N) is 3. The Bertz CT molecular complexity index is 581. The second-order valence-corrected chi connectivity index (χ2v) is 5.31. The predicted molar refractivity (Wildman–Crippen MR) is 79.2 cm³/mol. The standard InChI is InChI=1S/C15H20N4/c1-2-5-11-8-9-19(10-11)14-12-6-3-4-7-13(12)17-15(16)18-14/h3-4,6-7,11H,2,5,8-10H2,1H3,(H2,16,17,18). The molecular formula is C15H20N4. The highest BCUT2D eigenvalue weighted by atomic mass is 15.2. The monoisotopic (exact) mass is 256 g/mol. The molecular weight excluding hydrogens is 236 g/mol. The first-order valence-corrected chi connectivity index (χ1v) is 7.05. The van der Waals surface area contributed by atoms with E-state index in [1.165, 1.54) is 19.3 Å². The first-order valence-electron chi connectivity index (χ1n) is 7.05. The Balaban J connectivity index is 1.96. The molecule has 4 heteroatoms. The van der Waals surface area contributed by atoms with Crippen LogP contribution in [0.25, 0.3) is 10.9 Å². The molecule has 2 aromatic rings. The third-order valence-electron chi connectivity index (χ3n) is 3.88. The number of anilines is 2. The minimum atomic E-state index is 0.368. The maximum atomic E-state index is 5.84. The summed E-state index contributed by atoms with van der Waals surface area (Å²) in [5.41, 5.74) is 6.77. The van der Waals surface area contributed by atoms with Crippen LogP contribution in [0.5, 0.6) is 0 Å². The zero-order valence-corrected chi connectivity index (χ0v) is 11.3. The van der Waals surface area contributed by atoms with Gasteiger partial charge >= 0.3 is 0 Å². The fourth-order valence-electron chi connectivity index (χ4n) is 2.99. The molecule has 0 amide bonds. The van der Waals surface area contributed by atoms with Crippen molar-refractivity contribution in [3.05, 3.63) is 24.3 Å². The van der Waals surface area contributed by atoms with Gasteiger partial charge in [-0.15, -0.1) is 0 Å². The van der Waals surface area contributed by atoms with Crippen LogP contribution in [0, 0.1) is 5.92 Å². The topological polar surface area (TPSA) is 55.0 Å². The van der Waals surface area contributed by atoms with Crippen LogP contribution in [0.1, 0.15) is 26.2 Å². The maximum Gasteiger partial charge on any atom is 0.222 e. The number of benzene rings is 1. The second-order valence-electron chi connectivity index (χ2n) is 5.31. The van der Waals surface area contributed by atoms with Gasteiger partial charge in [0.15, 0.2) is 0 Å². The van der Waals surface area contributed by atoms with Crippen molar-refractivity contribution in [2.24, 2.45) is 5.92 Å². The average Bonchev–Trinajstić information content (AvgIpc) is 2.86. The number of hydrogen-bond donors (Lipinski definition) is 1. The summed E-state index contributed by atoms with van der Waals surface area (Å²) in [5, 5.41) is 1.11. The fourth-order valence-corrected chi connectivity index (χ4v) is 2.99. The van der Waals surface area contributed by atoms with Gasteiger partial charge in [-0.3, -0.25) is 0 Å². The van der Waals surface area contributed by atoms with E-state index in [0.717, 1.165) is 35.7 Å². The Morgan fingerprint density at radius 3 is 3.00 bits per heavy atom. The zero-order chi connectivity index (χ0) is 13.2. The molecule has 100 valence electrons. The molecule has 1 saturated heterocycles. The van der Waals surface area contributed by atoms with Crippen molar-refractivity contribution < 1.29 is 0 Å². The van der Waals surface area contributed by atoms with Crippen LogP contribution in [-0.2, 0) is 0 Å². The van der Waals surface area contributed by atoms with Gasteiger partial charge in [-0.05, 0) is 30.9 Å². The molecule has 0 spiro atoms. The third kappa shape index (κ3) is 2.35. The number of nitrogen functional groups attached to an aromatic ring is 1. The number of aromatic nitrogens is 2. The number of rotatable bonds is 3. The first-order chi connectivity index (χ1) is 9.28. The Morgan fingerprint density at radius 2 is 2.16 bits per heavy atom. The summed E-state index contributed by atoms with van der Waals surface area (Å²) < 4.78 is 0. The first kappa shape index (κ1) is 12.2. The molecule has 1 aliphatic rings. The molecule has 2 N–H and O–H groups in total. The van der Waals surface area contributed by atoms with E-state index in [4.69, 9.17) is 5.73 Å². The normalized spacial score (nSPS) is 19.2. The van der Waals surface area contributed by atoms with Crippen molar-refractivity contribution in [1.82, 2.24) is 9.97 Å². The Labute approximate surface area is 113 Å². The molecule has 1 aromatic carbocycles. The minimum Gasteiger partial charge on any atom is -0.368 e. The van der Waals surface area contributed by atoms with Crippen LogP contribution in [-0.4, -0.2) is 23.1 Å². The molecule has 0 saturated carbocycles. The molecule has 2 heterocycles. The predicted octanol–water partition coefficient (Wildman–Crippen LogP) is 2.84. The van der Waals surface area contributed by atoms with Gasteiger partial charge in [0, 0.05) is 18.5 Å². The maximum absolute atomic E-state index is 5.84. The highest BCUT2D eigenvalue weighted by Gasteiger charge is 2.24. The van der Waals surface area contributed by atoms with E-state index in [1.807, 2.05) is 18.2 Å². The van der Waals surface area contributed by atoms with Crippen LogP contribution in [0.3, 0.4) is 0 Å². The molecule has 1 atom stereocenters. The average molecular weight is 256 g/mol. The van der Waals surface area contributed by atoms with Crippen molar-refractivity contribution in [3.8, 4) is 0 Å². The Hall–Kier alpha value is -1.84. The highest BCUT2D eigenvalue weighted by molar-refractivity contribution is 5.90. The summed E-state index contributed by atoms with van der Waals surface area (Å²) in [6.45, 7) is 4.42. The van der Waals surface area contributed by atoms with Gasteiger partial charge in [-0.1, -0.05) is 25.5 Å². The molecule has 1 unspecified atom stereocenters. The second kappa shape index (κ2) is 5.03. The van der Waals surface area contributed by atoms with Crippen LogP contribution in [0.15, 0.2) is 24.3 Å². The van der Waals surface area contributed by atoms with Crippen LogP contribution >= 0.6 is 0 Å². The number of para-hydroxylation sites is 1. The summed E-state index contributed by atoms with van der Waals surface area (Å²) in [4.78, 5) is 11.1. The van der Waals surface area contributed by atoms with E-state index in [-0.39, 0.29) is 0 Å². The summed E-state index contributed by atoms with van der Waals surface area (Å²) in [5.74, 6) is 2.16. The smallest absolute Gasteiger partial charge is 0.222 e. The van der Waals surface area contributed by atoms with Gasteiger partial charge < -0.3 is 10.6 Å². The molecule has 0 aliphatic carbocycles. The van der Waals surface area contributed by atoms with Crippen LogP contribution in [0.2, 0.25) is 0 Å². The number of nitrogens with two attached hydrogens (primary N) is 1. The highest BCUT2D eigenvalue weighted by Crippen LogP contribution is 2.30. The van der Waals surface area contributed by atoms with Gasteiger partial charge in [-0.2, -0.15) is 4.98 Å². The third-order valence-corrected chi connectivity index (χ3v) is 3.88.